The Morgan fingerprint density at radius 2 is 1.32 bits per heavy atom. The van der Waals surface area contributed by atoms with Crippen molar-refractivity contribution in [2.45, 2.75) is 52.9 Å². The van der Waals surface area contributed by atoms with E-state index in [0.29, 0.717) is 5.92 Å². The summed E-state index contributed by atoms with van der Waals surface area (Å²) in [6.07, 6.45) is 6.66. The maximum Gasteiger partial charge on any atom is 0.163 e. The molecule has 0 fully saturated rings. The Labute approximate surface area is 294 Å². The van der Waals surface area contributed by atoms with E-state index in [4.69, 9.17) is 9.97 Å². The molecule has 0 amide bonds. The van der Waals surface area contributed by atoms with Crippen molar-refractivity contribution in [1.82, 2.24) is 15.0 Å². The molecular weight excluding hydrogens is 609 g/mol. The quantitative estimate of drug-likeness (QED) is 0.186. The van der Waals surface area contributed by atoms with Gasteiger partial charge in [0.2, 0.25) is 0 Å². The van der Waals surface area contributed by atoms with Crippen molar-refractivity contribution in [2.75, 3.05) is 4.90 Å². The molecule has 0 aliphatic heterocycles. The van der Waals surface area contributed by atoms with E-state index >= 15 is 0 Å². The van der Waals surface area contributed by atoms with E-state index in [1.54, 1.807) is 0 Å². The van der Waals surface area contributed by atoms with Crippen molar-refractivity contribution in [2.24, 2.45) is 5.92 Å². The van der Waals surface area contributed by atoms with Crippen LogP contribution in [-0.2, 0) is 11.8 Å². The summed E-state index contributed by atoms with van der Waals surface area (Å²) in [5.74, 6) is 2.76. The van der Waals surface area contributed by atoms with Gasteiger partial charge in [-0.3, -0.25) is 0 Å². The molecule has 1 spiro atoms. The summed E-state index contributed by atoms with van der Waals surface area (Å²) < 4.78 is 0. The van der Waals surface area contributed by atoms with Gasteiger partial charge in [0, 0.05) is 29.1 Å². The molecule has 0 bridgehead atoms. The first-order chi connectivity index (χ1) is 24.4. The maximum atomic E-state index is 4.89. The van der Waals surface area contributed by atoms with Crippen LogP contribution in [-0.4, -0.2) is 15.0 Å². The zero-order valence-electron chi connectivity index (χ0n) is 29.3. The first-order valence-corrected chi connectivity index (χ1v) is 17.8. The number of fused-ring (bicyclic) bond motifs is 10. The second-order valence-corrected chi connectivity index (χ2v) is 14.1. The summed E-state index contributed by atoms with van der Waals surface area (Å²) in [7, 11) is 0. The van der Waals surface area contributed by atoms with Crippen LogP contribution in [0.1, 0.15) is 66.7 Å². The number of anilines is 2. The highest BCUT2D eigenvalue weighted by molar-refractivity contribution is 5.97. The van der Waals surface area contributed by atoms with Gasteiger partial charge in [0.05, 0.1) is 5.41 Å². The number of hydrogen-bond acceptors (Lipinski definition) is 4. The molecule has 1 aromatic heterocycles. The molecule has 1 unspecified atom stereocenters. The molecule has 0 saturated heterocycles. The summed E-state index contributed by atoms with van der Waals surface area (Å²) >= 11 is 0. The molecular formula is C46H40N4. The molecule has 0 radical (unpaired) electrons. The van der Waals surface area contributed by atoms with Gasteiger partial charge in [-0.1, -0.05) is 105 Å². The molecule has 50 heavy (non-hydrogen) atoms. The third kappa shape index (κ3) is 4.47. The van der Waals surface area contributed by atoms with Crippen molar-refractivity contribution in [3.8, 4) is 33.6 Å². The standard InChI is InChI=1S/C46H40N4/c1-6-44-47-31(5)48-45(49-44)32-20-22-41-37(26-32)38-27-34(50(33-13-11-12-28(2)24-33)43-25-29(3)18-19-30(43)4)21-23-42(38)46(41)39-16-9-7-14-35(39)36-15-8-10-17-40(36)46/h7-17,19-27,29H,6,18H2,1-5H3. The summed E-state index contributed by atoms with van der Waals surface area (Å²) in [6.45, 7) is 10.8. The highest BCUT2D eigenvalue weighted by Crippen LogP contribution is 2.63. The van der Waals surface area contributed by atoms with Crippen molar-refractivity contribution in [1.29, 1.82) is 0 Å². The van der Waals surface area contributed by atoms with Crippen molar-refractivity contribution in [3.05, 3.63) is 172 Å². The fraction of sp³-hybridized carbons (Fsp3) is 0.196. The van der Waals surface area contributed by atoms with Crippen molar-refractivity contribution in [3.63, 3.8) is 0 Å². The fourth-order valence-electron chi connectivity index (χ4n) is 8.62. The van der Waals surface area contributed by atoms with E-state index in [1.165, 1.54) is 67.0 Å². The monoisotopic (exact) mass is 648 g/mol. The van der Waals surface area contributed by atoms with E-state index < -0.39 is 5.41 Å². The van der Waals surface area contributed by atoms with E-state index in [1.807, 2.05) is 6.92 Å². The average molecular weight is 649 g/mol. The first kappa shape index (κ1) is 30.4. The first-order valence-electron chi connectivity index (χ1n) is 17.8. The normalized spacial score (nSPS) is 16.3. The van der Waals surface area contributed by atoms with Crippen molar-refractivity contribution < 1.29 is 0 Å². The molecule has 5 aromatic carbocycles. The van der Waals surface area contributed by atoms with Gasteiger partial charge >= 0.3 is 0 Å². The molecule has 0 N–H and O–H groups in total. The van der Waals surface area contributed by atoms with Gasteiger partial charge in [0.1, 0.15) is 11.6 Å². The lowest BCUT2D eigenvalue weighted by molar-refractivity contribution is 0.718. The highest BCUT2D eigenvalue weighted by Gasteiger charge is 2.51. The molecule has 9 rings (SSSR count). The Morgan fingerprint density at radius 1 is 0.660 bits per heavy atom. The molecule has 3 aliphatic rings. The number of hydrogen-bond donors (Lipinski definition) is 0. The number of aryl methyl sites for hydroxylation is 3. The van der Waals surface area contributed by atoms with E-state index in [2.05, 4.69) is 159 Å². The molecule has 6 aromatic rings. The minimum Gasteiger partial charge on any atom is -0.311 e. The lowest BCUT2D eigenvalue weighted by Crippen LogP contribution is -2.26. The maximum absolute atomic E-state index is 4.89. The zero-order valence-corrected chi connectivity index (χ0v) is 29.3. The van der Waals surface area contributed by atoms with Gasteiger partial charge in [-0.05, 0) is 119 Å². The van der Waals surface area contributed by atoms with Gasteiger partial charge in [-0.15, -0.1) is 0 Å². The lowest BCUT2D eigenvalue weighted by atomic mass is 9.70. The number of benzene rings is 5. The highest BCUT2D eigenvalue weighted by atomic mass is 15.2. The van der Waals surface area contributed by atoms with Crippen LogP contribution in [0.15, 0.2) is 133 Å². The largest absolute Gasteiger partial charge is 0.311 e. The van der Waals surface area contributed by atoms with E-state index in [0.717, 1.165) is 41.6 Å². The minimum atomic E-state index is -0.429. The third-order valence-corrected chi connectivity index (χ3v) is 10.8. The zero-order chi connectivity index (χ0) is 34.1. The Kier molecular flexibility index (Phi) is 6.99. The second kappa shape index (κ2) is 11.5. The second-order valence-electron chi connectivity index (χ2n) is 14.1. The lowest BCUT2D eigenvalue weighted by Gasteiger charge is -2.33. The van der Waals surface area contributed by atoms with Crippen LogP contribution in [0.3, 0.4) is 0 Å². The van der Waals surface area contributed by atoms with Crippen molar-refractivity contribution >= 4 is 11.4 Å². The Balaban J connectivity index is 1.34. The molecule has 4 heteroatoms. The molecule has 0 saturated carbocycles. The molecule has 1 atom stereocenters. The number of nitrogens with zero attached hydrogens (tertiary/aromatic N) is 4. The van der Waals surface area contributed by atoms with Crippen LogP contribution in [0, 0.1) is 19.8 Å². The van der Waals surface area contributed by atoms with Gasteiger partial charge < -0.3 is 4.90 Å². The van der Waals surface area contributed by atoms with E-state index in [-0.39, 0.29) is 0 Å². The predicted molar refractivity (Wildman–Crippen MR) is 205 cm³/mol. The van der Waals surface area contributed by atoms with Crippen LogP contribution in [0.4, 0.5) is 11.4 Å². The number of rotatable bonds is 5. The van der Waals surface area contributed by atoms with Gasteiger partial charge in [-0.25, -0.2) is 15.0 Å². The Bertz CT molecular complexity index is 2370. The van der Waals surface area contributed by atoms with Crippen LogP contribution in [0.5, 0.6) is 0 Å². The van der Waals surface area contributed by atoms with Crippen LogP contribution < -0.4 is 4.90 Å². The number of allylic oxidation sites excluding steroid dienone is 3. The molecule has 244 valence electrons. The smallest absolute Gasteiger partial charge is 0.163 e. The molecule has 1 heterocycles. The van der Waals surface area contributed by atoms with Gasteiger partial charge in [0.15, 0.2) is 5.82 Å². The topological polar surface area (TPSA) is 41.9 Å². The van der Waals surface area contributed by atoms with Gasteiger partial charge in [-0.2, -0.15) is 0 Å². The Morgan fingerprint density at radius 3 is 2.04 bits per heavy atom. The summed E-state index contributed by atoms with van der Waals surface area (Å²) in [4.78, 5) is 16.8. The predicted octanol–water partition coefficient (Wildman–Crippen LogP) is 11.1. The third-order valence-electron chi connectivity index (χ3n) is 10.8. The van der Waals surface area contributed by atoms with Gasteiger partial charge in [0.25, 0.3) is 0 Å². The number of aromatic nitrogens is 3. The fourth-order valence-corrected chi connectivity index (χ4v) is 8.62. The molecule has 3 aliphatic carbocycles. The minimum absolute atomic E-state index is 0.429. The van der Waals surface area contributed by atoms with Crippen LogP contribution in [0.25, 0.3) is 33.6 Å². The summed E-state index contributed by atoms with van der Waals surface area (Å²) in [5, 5.41) is 0. The van der Waals surface area contributed by atoms with Crippen LogP contribution >= 0.6 is 0 Å². The summed E-state index contributed by atoms with van der Waals surface area (Å²) in [5.41, 5.74) is 17.1. The Hall–Kier alpha value is -5.61. The average Bonchev–Trinajstić information content (AvgIpc) is 3.59. The van der Waals surface area contributed by atoms with Crippen LogP contribution in [0.2, 0.25) is 0 Å². The molecule has 4 nitrogen and oxygen atoms in total. The van der Waals surface area contributed by atoms with E-state index in [9.17, 15) is 0 Å². The summed E-state index contributed by atoms with van der Waals surface area (Å²) in [6, 6.07) is 40.9. The SMILES string of the molecule is CCc1nc(C)nc(-c2ccc3c(c2)-c2cc(N(C4=CC(C)CC=C4C)c4cccc(C)c4)ccc2C32c3ccccc3-c3ccccc32)n1.